The summed E-state index contributed by atoms with van der Waals surface area (Å²) < 4.78 is 34.5. The molecule has 3 aromatic rings. The number of halogens is 3. The van der Waals surface area contributed by atoms with Crippen LogP contribution in [-0.2, 0) is 18.4 Å². The van der Waals surface area contributed by atoms with Gasteiger partial charge in [0.1, 0.15) is 18.2 Å². The molecule has 0 saturated heterocycles. The summed E-state index contributed by atoms with van der Waals surface area (Å²) in [6.45, 7) is 2.22. The Bertz CT molecular complexity index is 1000. The second kappa shape index (κ2) is 9.36. The van der Waals surface area contributed by atoms with Crippen LogP contribution >= 0.6 is 27.7 Å². The van der Waals surface area contributed by atoms with Crippen molar-refractivity contribution < 1.29 is 18.3 Å². The number of thioether (sulfide) groups is 1. The Morgan fingerprint density at radius 1 is 1.24 bits per heavy atom. The third kappa shape index (κ3) is 5.54. The number of aromatic nitrogens is 3. The lowest BCUT2D eigenvalue weighted by atomic mass is 10.2. The van der Waals surface area contributed by atoms with E-state index in [4.69, 9.17) is 4.74 Å². The molecule has 152 valence electrons. The summed E-state index contributed by atoms with van der Waals surface area (Å²) in [4.78, 5) is 12.1. The molecule has 0 aliphatic rings. The van der Waals surface area contributed by atoms with Crippen LogP contribution in [0.4, 0.5) is 14.5 Å². The second-order valence-electron chi connectivity index (χ2n) is 6.14. The highest BCUT2D eigenvalue weighted by Gasteiger charge is 2.15. The van der Waals surface area contributed by atoms with Gasteiger partial charge in [-0.05, 0) is 41.1 Å². The molecule has 0 fully saturated rings. The number of hydrogen-bond donors (Lipinski definition) is 1. The van der Waals surface area contributed by atoms with Crippen molar-refractivity contribution in [1.29, 1.82) is 0 Å². The zero-order valence-corrected chi connectivity index (χ0v) is 18.0. The standard InChI is InChI=1S/C19H17BrF2N4O2S/c1-11-3-5-13(6-4-11)28-9-16-24-25-19(26(16)2)29-10-17(27)23-18-14(20)7-12(21)8-15(18)22/h3-8H,9-10H2,1-2H3,(H,23,27). The topological polar surface area (TPSA) is 69.0 Å². The van der Waals surface area contributed by atoms with Crippen LogP contribution in [-0.4, -0.2) is 26.4 Å². The summed E-state index contributed by atoms with van der Waals surface area (Å²) in [7, 11) is 1.77. The molecule has 0 unspecified atom stereocenters. The van der Waals surface area contributed by atoms with Gasteiger partial charge < -0.3 is 14.6 Å². The van der Waals surface area contributed by atoms with Gasteiger partial charge >= 0.3 is 0 Å². The first-order valence-electron chi connectivity index (χ1n) is 8.48. The van der Waals surface area contributed by atoms with Crippen LogP contribution in [0.1, 0.15) is 11.4 Å². The molecule has 1 aromatic heterocycles. The molecule has 0 aliphatic heterocycles. The van der Waals surface area contributed by atoms with Crippen LogP contribution in [0.2, 0.25) is 0 Å². The maximum atomic E-state index is 13.8. The summed E-state index contributed by atoms with van der Waals surface area (Å²) >= 11 is 4.18. The van der Waals surface area contributed by atoms with E-state index in [0.717, 1.165) is 29.1 Å². The van der Waals surface area contributed by atoms with Crippen LogP contribution in [0.15, 0.2) is 46.0 Å². The maximum Gasteiger partial charge on any atom is 0.234 e. The summed E-state index contributed by atoms with van der Waals surface area (Å²) in [6, 6.07) is 9.44. The van der Waals surface area contributed by atoms with Gasteiger partial charge in [0.15, 0.2) is 16.8 Å². The molecule has 10 heteroatoms. The molecule has 0 aliphatic carbocycles. The Labute approximate surface area is 178 Å². The number of anilines is 1. The van der Waals surface area contributed by atoms with Crippen LogP contribution in [0.5, 0.6) is 5.75 Å². The van der Waals surface area contributed by atoms with Gasteiger partial charge in [-0.2, -0.15) is 0 Å². The molecule has 3 rings (SSSR count). The fraction of sp³-hybridized carbons (Fsp3) is 0.211. The third-order valence-electron chi connectivity index (χ3n) is 3.92. The van der Waals surface area contributed by atoms with Crippen LogP contribution < -0.4 is 10.1 Å². The molecule has 0 atom stereocenters. The van der Waals surface area contributed by atoms with Crippen molar-refractivity contribution in [3.63, 3.8) is 0 Å². The van der Waals surface area contributed by atoms with Crippen molar-refractivity contribution in [2.24, 2.45) is 7.05 Å². The second-order valence-corrected chi connectivity index (χ2v) is 7.94. The van der Waals surface area contributed by atoms with E-state index in [2.05, 4.69) is 31.4 Å². The highest BCUT2D eigenvalue weighted by atomic mass is 79.9. The minimum Gasteiger partial charge on any atom is -0.486 e. The molecule has 1 N–H and O–H groups in total. The van der Waals surface area contributed by atoms with E-state index >= 15 is 0 Å². The monoisotopic (exact) mass is 482 g/mol. The number of carbonyl (C=O) groups is 1. The lowest BCUT2D eigenvalue weighted by Gasteiger charge is -2.09. The third-order valence-corrected chi connectivity index (χ3v) is 5.56. The predicted octanol–water partition coefficient (Wildman–Crippen LogP) is 4.47. The Balaban J connectivity index is 1.56. The number of amides is 1. The molecule has 0 radical (unpaired) electrons. The van der Waals surface area contributed by atoms with Crippen molar-refractivity contribution in [3.8, 4) is 5.75 Å². The number of ether oxygens (including phenoxy) is 1. The molecular formula is C19H17BrF2N4O2S. The molecule has 0 saturated carbocycles. The Hall–Kier alpha value is -2.46. The zero-order chi connectivity index (χ0) is 21.0. The fourth-order valence-corrected chi connectivity index (χ4v) is 3.58. The molecular weight excluding hydrogens is 466 g/mol. The first-order valence-corrected chi connectivity index (χ1v) is 10.3. The first-order chi connectivity index (χ1) is 13.8. The Kier molecular flexibility index (Phi) is 6.86. The molecule has 29 heavy (non-hydrogen) atoms. The van der Waals surface area contributed by atoms with Gasteiger partial charge in [0, 0.05) is 17.6 Å². The average Bonchev–Trinajstić information content (AvgIpc) is 3.02. The van der Waals surface area contributed by atoms with E-state index in [0.29, 0.717) is 17.0 Å². The SMILES string of the molecule is Cc1ccc(OCc2nnc(SCC(=O)Nc3c(F)cc(F)cc3Br)n2C)cc1. The lowest BCUT2D eigenvalue weighted by molar-refractivity contribution is -0.113. The summed E-state index contributed by atoms with van der Waals surface area (Å²) in [5, 5.41) is 11.1. The van der Waals surface area contributed by atoms with E-state index in [1.54, 1.807) is 11.6 Å². The number of aryl methyl sites for hydroxylation is 1. The molecule has 0 spiro atoms. The zero-order valence-electron chi connectivity index (χ0n) is 15.6. The molecule has 6 nitrogen and oxygen atoms in total. The van der Waals surface area contributed by atoms with Crippen molar-refractivity contribution in [2.75, 3.05) is 11.1 Å². The average molecular weight is 483 g/mol. The van der Waals surface area contributed by atoms with Crippen molar-refractivity contribution in [1.82, 2.24) is 14.8 Å². The van der Waals surface area contributed by atoms with Gasteiger partial charge in [0.05, 0.1) is 11.4 Å². The Morgan fingerprint density at radius 2 is 1.97 bits per heavy atom. The predicted molar refractivity (Wildman–Crippen MR) is 110 cm³/mol. The Morgan fingerprint density at radius 3 is 2.66 bits per heavy atom. The number of nitrogens with zero attached hydrogens (tertiary/aromatic N) is 3. The fourth-order valence-electron chi connectivity index (χ4n) is 2.35. The highest BCUT2D eigenvalue weighted by Crippen LogP contribution is 2.27. The number of nitrogens with one attached hydrogen (secondary N) is 1. The summed E-state index contributed by atoms with van der Waals surface area (Å²) in [6.07, 6.45) is 0. The number of hydrogen-bond acceptors (Lipinski definition) is 5. The van der Waals surface area contributed by atoms with Crippen molar-refractivity contribution in [3.05, 3.63) is 63.9 Å². The minimum atomic E-state index is -0.857. The lowest BCUT2D eigenvalue weighted by Crippen LogP contribution is -2.16. The summed E-state index contributed by atoms with van der Waals surface area (Å²) in [5.74, 6) is -0.749. The molecule has 0 bridgehead atoms. The van der Waals surface area contributed by atoms with Crippen LogP contribution in [0.3, 0.4) is 0 Å². The van der Waals surface area contributed by atoms with Crippen LogP contribution in [0, 0.1) is 18.6 Å². The smallest absolute Gasteiger partial charge is 0.234 e. The quantitative estimate of drug-likeness (QED) is 0.503. The van der Waals surface area contributed by atoms with Crippen molar-refractivity contribution in [2.45, 2.75) is 18.7 Å². The van der Waals surface area contributed by atoms with Gasteiger partial charge in [-0.1, -0.05) is 29.5 Å². The van der Waals surface area contributed by atoms with E-state index in [9.17, 15) is 13.6 Å². The van der Waals surface area contributed by atoms with Gasteiger partial charge in [0.2, 0.25) is 5.91 Å². The van der Waals surface area contributed by atoms with E-state index < -0.39 is 17.5 Å². The van der Waals surface area contributed by atoms with Gasteiger partial charge in [0.25, 0.3) is 0 Å². The maximum absolute atomic E-state index is 13.8. The molecule has 2 aromatic carbocycles. The number of rotatable bonds is 7. The largest absolute Gasteiger partial charge is 0.486 e. The summed E-state index contributed by atoms with van der Waals surface area (Å²) in [5.41, 5.74) is 1.03. The highest BCUT2D eigenvalue weighted by molar-refractivity contribution is 9.10. The molecule has 1 amide bonds. The van der Waals surface area contributed by atoms with Gasteiger partial charge in [-0.15, -0.1) is 10.2 Å². The van der Waals surface area contributed by atoms with Gasteiger partial charge in [-0.25, -0.2) is 8.78 Å². The first kappa shape index (κ1) is 21.3. The molecule has 1 heterocycles. The van der Waals surface area contributed by atoms with E-state index in [1.807, 2.05) is 31.2 Å². The van der Waals surface area contributed by atoms with Crippen molar-refractivity contribution >= 4 is 39.3 Å². The van der Waals surface area contributed by atoms with Gasteiger partial charge in [-0.3, -0.25) is 4.79 Å². The number of carbonyl (C=O) groups excluding carboxylic acids is 1. The van der Waals surface area contributed by atoms with E-state index in [-0.39, 0.29) is 22.5 Å². The van der Waals surface area contributed by atoms with Crippen LogP contribution in [0.25, 0.3) is 0 Å². The number of benzene rings is 2. The van der Waals surface area contributed by atoms with E-state index in [1.165, 1.54) is 0 Å². The minimum absolute atomic E-state index is 0.0198. The normalized spacial score (nSPS) is 10.8.